The van der Waals surface area contributed by atoms with E-state index in [0.29, 0.717) is 11.5 Å². The molecule has 1 aromatic rings. The minimum Gasteiger partial charge on any atom is -0.497 e. The molecule has 4 N–H and O–H groups in total. The highest BCUT2D eigenvalue weighted by molar-refractivity contribution is 5.82. The number of hydrogen-bond acceptors (Lipinski definition) is 4. The Labute approximate surface area is 93.6 Å². The van der Waals surface area contributed by atoms with Gasteiger partial charge in [0.05, 0.1) is 20.4 Å². The normalized spacial score (nSPS) is 10.1. The van der Waals surface area contributed by atoms with Crippen LogP contribution in [0.15, 0.2) is 28.4 Å². The van der Waals surface area contributed by atoms with Crippen LogP contribution >= 0.6 is 0 Å². The molecular formula is C10H14N4O2. The lowest BCUT2D eigenvalue weighted by Crippen LogP contribution is -2.21. The van der Waals surface area contributed by atoms with Crippen LogP contribution in [0.5, 0.6) is 11.5 Å². The summed E-state index contributed by atoms with van der Waals surface area (Å²) in [6.07, 6.45) is 1.50. The highest BCUT2D eigenvalue weighted by Gasteiger charge is 1.99. The summed E-state index contributed by atoms with van der Waals surface area (Å²) in [5.74, 6) is 1.25. The highest BCUT2D eigenvalue weighted by Crippen LogP contribution is 2.21. The predicted octanol–water partition coefficient (Wildman–Crippen LogP) is 0.311. The third-order valence-electron chi connectivity index (χ3n) is 1.75. The topological polar surface area (TPSA) is 95.2 Å². The lowest BCUT2D eigenvalue weighted by atomic mass is 10.2. The first-order valence-corrected chi connectivity index (χ1v) is 4.50. The van der Waals surface area contributed by atoms with Crippen LogP contribution in [0.4, 0.5) is 0 Å². The molecule has 0 fully saturated rings. The van der Waals surface area contributed by atoms with E-state index in [0.717, 1.165) is 5.56 Å². The first-order chi connectivity index (χ1) is 7.65. The van der Waals surface area contributed by atoms with E-state index in [4.69, 9.17) is 20.9 Å². The summed E-state index contributed by atoms with van der Waals surface area (Å²) in [5.41, 5.74) is 11.0. The van der Waals surface area contributed by atoms with Crippen molar-refractivity contribution in [3.05, 3.63) is 23.8 Å². The first kappa shape index (κ1) is 11.8. The third kappa shape index (κ3) is 3.49. The van der Waals surface area contributed by atoms with Crippen molar-refractivity contribution in [3.8, 4) is 11.5 Å². The van der Waals surface area contributed by atoms with Crippen LogP contribution < -0.4 is 20.9 Å². The smallest absolute Gasteiger partial charge is 0.211 e. The summed E-state index contributed by atoms with van der Waals surface area (Å²) in [5, 5.41) is 7.18. The van der Waals surface area contributed by atoms with Crippen molar-refractivity contribution in [1.82, 2.24) is 0 Å². The van der Waals surface area contributed by atoms with Gasteiger partial charge in [-0.05, 0) is 12.1 Å². The van der Waals surface area contributed by atoms with E-state index in [9.17, 15) is 0 Å². The van der Waals surface area contributed by atoms with Crippen molar-refractivity contribution in [2.45, 2.75) is 0 Å². The van der Waals surface area contributed by atoms with Gasteiger partial charge in [-0.3, -0.25) is 0 Å². The van der Waals surface area contributed by atoms with Crippen molar-refractivity contribution in [1.29, 1.82) is 0 Å². The lowest BCUT2D eigenvalue weighted by Gasteiger charge is -2.04. The van der Waals surface area contributed by atoms with Gasteiger partial charge in [-0.25, -0.2) is 0 Å². The van der Waals surface area contributed by atoms with E-state index in [1.165, 1.54) is 6.21 Å². The van der Waals surface area contributed by atoms with Gasteiger partial charge in [-0.15, -0.1) is 5.10 Å². The Morgan fingerprint density at radius 2 is 1.69 bits per heavy atom. The fourth-order valence-electron chi connectivity index (χ4n) is 1.07. The van der Waals surface area contributed by atoms with E-state index in [2.05, 4.69) is 10.2 Å². The highest BCUT2D eigenvalue weighted by atomic mass is 16.5. The molecule has 1 aromatic carbocycles. The summed E-state index contributed by atoms with van der Waals surface area (Å²) in [7, 11) is 3.15. The second-order valence-corrected chi connectivity index (χ2v) is 2.92. The molecule has 0 heterocycles. The molecule has 0 atom stereocenters. The van der Waals surface area contributed by atoms with Crippen LogP contribution in [0, 0.1) is 0 Å². The molecule has 0 aliphatic heterocycles. The average Bonchev–Trinajstić information content (AvgIpc) is 2.28. The maximum Gasteiger partial charge on any atom is 0.211 e. The molecule has 6 heteroatoms. The minimum atomic E-state index is -0.0916. The molecule has 0 saturated carbocycles. The van der Waals surface area contributed by atoms with Crippen LogP contribution in [0.3, 0.4) is 0 Å². The first-order valence-electron chi connectivity index (χ1n) is 4.50. The molecule has 0 aliphatic rings. The summed E-state index contributed by atoms with van der Waals surface area (Å²) in [6, 6.07) is 5.33. The van der Waals surface area contributed by atoms with E-state index in [-0.39, 0.29) is 5.96 Å². The zero-order valence-electron chi connectivity index (χ0n) is 9.18. The molecule has 0 saturated heterocycles. The van der Waals surface area contributed by atoms with Gasteiger partial charge in [0.15, 0.2) is 0 Å². The molecule has 0 amide bonds. The van der Waals surface area contributed by atoms with Gasteiger partial charge >= 0.3 is 0 Å². The van der Waals surface area contributed by atoms with Gasteiger partial charge in [0.25, 0.3) is 0 Å². The maximum absolute atomic E-state index is 5.13. The SMILES string of the molecule is COc1cc(/C=N\N=C(N)N)cc(OC)c1. The second-order valence-electron chi connectivity index (χ2n) is 2.92. The summed E-state index contributed by atoms with van der Waals surface area (Å²) < 4.78 is 10.2. The number of benzene rings is 1. The summed E-state index contributed by atoms with van der Waals surface area (Å²) in [6.45, 7) is 0. The Bertz CT molecular complexity index is 389. The number of nitrogens with two attached hydrogens (primary N) is 2. The van der Waals surface area contributed by atoms with E-state index < -0.39 is 0 Å². The number of rotatable bonds is 4. The van der Waals surface area contributed by atoms with Gasteiger partial charge in [0, 0.05) is 11.6 Å². The molecule has 16 heavy (non-hydrogen) atoms. The number of methoxy groups -OCH3 is 2. The van der Waals surface area contributed by atoms with Gasteiger partial charge in [-0.2, -0.15) is 5.10 Å². The Balaban J connectivity index is 2.95. The summed E-state index contributed by atoms with van der Waals surface area (Å²) >= 11 is 0. The molecule has 0 unspecified atom stereocenters. The van der Waals surface area contributed by atoms with Crippen LogP contribution in [0.1, 0.15) is 5.56 Å². The minimum absolute atomic E-state index is 0.0916. The van der Waals surface area contributed by atoms with Crippen LogP contribution in [-0.4, -0.2) is 26.4 Å². The Morgan fingerprint density at radius 1 is 1.12 bits per heavy atom. The van der Waals surface area contributed by atoms with Crippen LogP contribution in [0.25, 0.3) is 0 Å². The van der Waals surface area contributed by atoms with Crippen molar-refractivity contribution < 1.29 is 9.47 Å². The molecular weight excluding hydrogens is 208 g/mol. The summed E-state index contributed by atoms with van der Waals surface area (Å²) in [4.78, 5) is 0. The predicted molar refractivity (Wildman–Crippen MR) is 62.9 cm³/mol. The molecule has 0 bridgehead atoms. The quantitative estimate of drug-likeness (QED) is 0.435. The van der Waals surface area contributed by atoms with E-state index >= 15 is 0 Å². The fourth-order valence-corrected chi connectivity index (χ4v) is 1.07. The number of hydrogen-bond donors (Lipinski definition) is 2. The zero-order chi connectivity index (χ0) is 12.0. The molecule has 0 radical (unpaired) electrons. The lowest BCUT2D eigenvalue weighted by molar-refractivity contribution is 0.394. The van der Waals surface area contributed by atoms with Crippen molar-refractivity contribution >= 4 is 12.2 Å². The number of nitrogens with zero attached hydrogens (tertiary/aromatic N) is 2. The average molecular weight is 222 g/mol. The Morgan fingerprint density at radius 3 is 2.12 bits per heavy atom. The van der Waals surface area contributed by atoms with Crippen molar-refractivity contribution in [3.63, 3.8) is 0 Å². The van der Waals surface area contributed by atoms with E-state index in [1.54, 1.807) is 32.4 Å². The molecule has 0 spiro atoms. The molecule has 6 nitrogen and oxygen atoms in total. The molecule has 86 valence electrons. The fraction of sp³-hybridized carbons (Fsp3) is 0.200. The van der Waals surface area contributed by atoms with Crippen LogP contribution in [0.2, 0.25) is 0 Å². The van der Waals surface area contributed by atoms with E-state index in [1.807, 2.05) is 0 Å². The maximum atomic E-state index is 5.13. The monoisotopic (exact) mass is 222 g/mol. The standard InChI is InChI=1S/C10H14N4O2/c1-15-8-3-7(4-9(5-8)16-2)6-13-14-10(11)12/h3-6H,1-2H3,(H4,11,12,14)/b13-6-. The van der Waals surface area contributed by atoms with Crippen molar-refractivity contribution in [2.24, 2.45) is 21.7 Å². The molecule has 0 aromatic heterocycles. The van der Waals surface area contributed by atoms with Crippen LogP contribution in [-0.2, 0) is 0 Å². The second kappa shape index (κ2) is 5.59. The zero-order valence-corrected chi connectivity index (χ0v) is 9.18. The third-order valence-corrected chi connectivity index (χ3v) is 1.75. The molecule has 0 aliphatic carbocycles. The Kier molecular flexibility index (Phi) is 4.14. The largest absolute Gasteiger partial charge is 0.497 e. The van der Waals surface area contributed by atoms with Gasteiger partial charge < -0.3 is 20.9 Å². The van der Waals surface area contributed by atoms with Gasteiger partial charge in [-0.1, -0.05) is 0 Å². The number of guanidine groups is 1. The molecule has 1 rings (SSSR count). The Hall–Kier alpha value is -2.24. The van der Waals surface area contributed by atoms with Gasteiger partial charge in [0.1, 0.15) is 11.5 Å². The van der Waals surface area contributed by atoms with Gasteiger partial charge in [0.2, 0.25) is 5.96 Å². The number of ether oxygens (including phenoxy) is 2. The van der Waals surface area contributed by atoms with Crippen molar-refractivity contribution in [2.75, 3.05) is 14.2 Å².